The SMILES string of the molecule is Cc1ccc(C2=NN(C(=O)CNc3ccc(C(=O)N(C)C)cc3)[C@@H](c3cccs3)C2)o1. The van der Waals surface area contributed by atoms with Gasteiger partial charge in [0.1, 0.15) is 17.2 Å². The van der Waals surface area contributed by atoms with Crippen LogP contribution in [0.3, 0.4) is 0 Å². The molecule has 0 spiro atoms. The normalized spacial score (nSPS) is 15.6. The zero-order valence-electron chi connectivity index (χ0n) is 17.7. The van der Waals surface area contributed by atoms with Crippen molar-refractivity contribution < 1.29 is 14.0 Å². The second kappa shape index (κ2) is 8.77. The third-order valence-electron chi connectivity index (χ3n) is 5.04. The summed E-state index contributed by atoms with van der Waals surface area (Å²) < 4.78 is 5.73. The van der Waals surface area contributed by atoms with E-state index in [1.807, 2.05) is 36.6 Å². The molecule has 2 amide bonds. The fourth-order valence-corrected chi connectivity index (χ4v) is 4.24. The van der Waals surface area contributed by atoms with Gasteiger partial charge in [0.05, 0.1) is 12.6 Å². The van der Waals surface area contributed by atoms with Gasteiger partial charge in [0.25, 0.3) is 11.8 Å². The minimum absolute atomic E-state index is 0.0616. The fourth-order valence-electron chi connectivity index (χ4n) is 3.43. The van der Waals surface area contributed by atoms with Crippen molar-refractivity contribution in [3.05, 3.63) is 75.9 Å². The Bertz CT molecular complexity index is 1100. The van der Waals surface area contributed by atoms with Crippen molar-refractivity contribution in [2.75, 3.05) is 26.0 Å². The Morgan fingerprint density at radius 1 is 1.19 bits per heavy atom. The number of furan rings is 1. The van der Waals surface area contributed by atoms with Crippen LogP contribution in [0.1, 0.15) is 39.2 Å². The second-order valence-electron chi connectivity index (χ2n) is 7.56. The van der Waals surface area contributed by atoms with E-state index in [0.29, 0.717) is 17.7 Å². The van der Waals surface area contributed by atoms with E-state index in [0.717, 1.165) is 22.0 Å². The molecule has 1 aliphatic heterocycles. The maximum atomic E-state index is 13.0. The Kier molecular flexibility index (Phi) is 5.90. The van der Waals surface area contributed by atoms with Gasteiger partial charge in [-0.25, -0.2) is 5.01 Å². The number of thiophene rings is 1. The van der Waals surface area contributed by atoms with E-state index in [9.17, 15) is 9.59 Å². The molecule has 0 radical (unpaired) electrons. The average molecular weight is 437 g/mol. The molecule has 0 saturated heterocycles. The first-order chi connectivity index (χ1) is 14.9. The Morgan fingerprint density at radius 3 is 2.58 bits per heavy atom. The highest BCUT2D eigenvalue weighted by molar-refractivity contribution is 7.10. The lowest BCUT2D eigenvalue weighted by Gasteiger charge is -2.21. The van der Waals surface area contributed by atoms with Crippen molar-refractivity contribution in [2.45, 2.75) is 19.4 Å². The molecule has 0 unspecified atom stereocenters. The van der Waals surface area contributed by atoms with Gasteiger partial charge in [-0.2, -0.15) is 5.10 Å². The lowest BCUT2D eigenvalue weighted by atomic mass is 10.1. The van der Waals surface area contributed by atoms with Gasteiger partial charge in [-0.15, -0.1) is 11.3 Å². The Hall–Kier alpha value is -3.39. The van der Waals surface area contributed by atoms with Gasteiger partial charge in [-0.1, -0.05) is 6.07 Å². The maximum absolute atomic E-state index is 13.0. The summed E-state index contributed by atoms with van der Waals surface area (Å²) in [6.07, 6.45) is 0.612. The fraction of sp³-hybridized carbons (Fsp3) is 0.261. The summed E-state index contributed by atoms with van der Waals surface area (Å²) in [6, 6.07) is 14.7. The summed E-state index contributed by atoms with van der Waals surface area (Å²) in [5.74, 6) is 1.31. The van der Waals surface area contributed by atoms with E-state index in [-0.39, 0.29) is 24.4 Å². The number of rotatable bonds is 6. The molecule has 1 aromatic carbocycles. The standard InChI is InChI=1S/C23H24N4O3S/c1-15-6-11-20(30-15)18-13-19(21-5-4-12-31-21)27(25-18)22(28)14-24-17-9-7-16(8-10-17)23(29)26(2)3/h4-12,19,24H,13-14H2,1-3H3/t19-/m1/s1. The minimum Gasteiger partial charge on any atom is -0.460 e. The Labute approximate surface area is 185 Å². The molecule has 0 saturated carbocycles. The minimum atomic E-state index is -0.144. The summed E-state index contributed by atoms with van der Waals surface area (Å²) in [6.45, 7) is 1.98. The van der Waals surface area contributed by atoms with E-state index in [1.165, 1.54) is 4.90 Å². The smallest absolute Gasteiger partial charge is 0.262 e. The molecule has 0 fully saturated rings. The van der Waals surface area contributed by atoms with E-state index in [1.54, 1.807) is 54.7 Å². The highest BCUT2D eigenvalue weighted by Crippen LogP contribution is 2.35. The number of nitrogens with one attached hydrogen (secondary N) is 1. The first-order valence-corrected chi connectivity index (χ1v) is 10.9. The molecule has 160 valence electrons. The summed E-state index contributed by atoms with van der Waals surface area (Å²) in [5, 5.41) is 11.3. The van der Waals surface area contributed by atoms with Gasteiger partial charge in [0.2, 0.25) is 0 Å². The monoisotopic (exact) mass is 436 g/mol. The average Bonchev–Trinajstić information content (AvgIpc) is 3.51. The van der Waals surface area contributed by atoms with Crippen LogP contribution >= 0.6 is 11.3 Å². The van der Waals surface area contributed by atoms with Crippen LogP contribution in [-0.4, -0.2) is 48.1 Å². The van der Waals surface area contributed by atoms with Crippen LogP contribution in [0.2, 0.25) is 0 Å². The number of hydrogen-bond donors (Lipinski definition) is 1. The molecule has 1 aliphatic rings. The summed E-state index contributed by atoms with van der Waals surface area (Å²) in [7, 11) is 3.43. The number of amides is 2. The summed E-state index contributed by atoms with van der Waals surface area (Å²) in [4.78, 5) is 27.7. The molecule has 0 aliphatic carbocycles. The number of carbonyl (C=O) groups excluding carboxylic acids is 2. The van der Waals surface area contributed by atoms with E-state index >= 15 is 0 Å². The van der Waals surface area contributed by atoms with E-state index < -0.39 is 0 Å². The molecule has 31 heavy (non-hydrogen) atoms. The van der Waals surface area contributed by atoms with Crippen molar-refractivity contribution in [3.8, 4) is 0 Å². The number of carbonyl (C=O) groups is 2. The molecule has 3 aromatic rings. The van der Waals surface area contributed by atoms with Crippen LogP contribution in [0, 0.1) is 6.92 Å². The molecular weight excluding hydrogens is 412 g/mol. The van der Waals surface area contributed by atoms with Crippen LogP contribution in [0.5, 0.6) is 0 Å². The van der Waals surface area contributed by atoms with Crippen molar-refractivity contribution in [2.24, 2.45) is 5.10 Å². The van der Waals surface area contributed by atoms with Crippen LogP contribution < -0.4 is 5.32 Å². The van der Waals surface area contributed by atoms with Crippen molar-refractivity contribution >= 4 is 34.6 Å². The molecule has 8 heteroatoms. The van der Waals surface area contributed by atoms with E-state index in [2.05, 4.69) is 10.4 Å². The first kappa shape index (κ1) is 20.9. The van der Waals surface area contributed by atoms with Crippen LogP contribution in [-0.2, 0) is 4.79 Å². The second-order valence-corrected chi connectivity index (χ2v) is 8.54. The largest absolute Gasteiger partial charge is 0.460 e. The maximum Gasteiger partial charge on any atom is 0.262 e. The lowest BCUT2D eigenvalue weighted by molar-refractivity contribution is -0.131. The molecule has 7 nitrogen and oxygen atoms in total. The number of benzene rings is 1. The van der Waals surface area contributed by atoms with Crippen molar-refractivity contribution in [3.63, 3.8) is 0 Å². The molecule has 0 bridgehead atoms. The summed E-state index contributed by atoms with van der Waals surface area (Å²) >= 11 is 1.61. The molecule has 3 heterocycles. The van der Waals surface area contributed by atoms with Crippen LogP contribution in [0.4, 0.5) is 5.69 Å². The van der Waals surface area contributed by atoms with E-state index in [4.69, 9.17) is 4.42 Å². The van der Waals surface area contributed by atoms with Crippen molar-refractivity contribution in [1.82, 2.24) is 9.91 Å². The van der Waals surface area contributed by atoms with Crippen molar-refractivity contribution in [1.29, 1.82) is 0 Å². The number of anilines is 1. The van der Waals surface area contributed by atoms with Gasteiger partial charge < -0.3 is 14.6 Å². The third-order valence-corrected chi connectivity index (χ3v) is 6.02. The molecule has 1 atom stereocenters. The Balaban J connectivity index is 1.47. The summed E-state index contributed by atoms with van der Waals surface area (Å²) in [5.41, 5.74) is 2.13. The quantitative estimate of drug-likeness (QED) is 0.630. The number of aryl methyl sites for hydroxylation is 1. The number of hydrazone groups is 1. The topological polar surface area (TPSA) is 78.2 Å². The first-order valence-electron chi connectivity index (χ1n) is 9.97. The molecule has 4 rings (SSSR count). The van der Waals surface area contributed by atoms with Gasteiger partial charge in [0, 0.05) is 36.6 Å². The molecular formula is C23H24N4O3S. The van der Waals surface area contributed by atoms with Gasteiger partial charge >= 0.3 is 0 Å². The Morgan fingerprint density at radius 2 is 1.97 bits per heavy atom. The predicted octanol–water partition coefficient (Wildman–Crippen LogP) is 4.14. The van der Waals surface area contributed by atoms with Gasteiger partial charge in [-0.3, -0.25) is 9.59 Å². The van der Waals surface area contributed by atoms with Crippen LogP contribution in [0.15, 0.2) is 63.4 Å². The highest BCUT2D eigenvalue weighted by Gasteiger charge is 2.34. The zero-order chi connectivity index (χ0) is 22.0. The predicted molar refractivity (Wildman–Crippen MR) is 121 cm³/mol. The highest BCUT2D eigenvalue weighted by atomic mass is 32.1. The molecule has 1 N–H and O–H groups in total. The zero-order valence-corrected chi connectivity index (χ0v) is 18.5. The third kappa shape index (κ3) is 4.54. The van der Waals surface area contributed by atoms with Crippen LogP contribution in [0.25, 0.3) is 0 Å². The molecule has 2 aromatic heterocycles. The van der Waals surface area contributed by atoms with Gasteiger partial charge in [0.15, 0.2) is 0 Å². The number of hydrogen-bond acceptors (Lipinski definition) is 6. The number of nitrogens with zero attached hydrogens (tertiary/aromatic N) is 3. The lowest BCUT2D eigenvalue weighted by Crippen LogP contribution is -2.32. The van der Waals surface area contributed by atoms with Gasteiger partial charge in [-0.05, 0) is 54.8 Å².